The summed E-state index contributed by atoms with van der Waals surface area (Å²) in [4.78, 5) is 3.99. The second-order valence-corrected chi connectivity index (χ2v) is 6.61. The molecule has 1 N–H and O–H groups in total. The number of aryl methyl sites for hydroxylation is 2. The first-order valence-electron chi connectivity index (χ1n) is 8.51. The van der Waals surface area contributed by atoms with Gasteiger partial charge in [0.05, 0.1) is 5.69 Å². The zero-order chi connectivity index (χ0) is 16.5. The van der Waals surface area contributed by atoms with Crippen LogP contribution >= 0.6 is 0 Å². The van der Waals surface area contributed by atoms with Gasteiger partial charge in [0.25, 0.3) is 0 Å². The van der Waals surface area contributed by atoms with Crippen LogP contribution in [0.25, 0.3) is 5.69 Å². The van der Waals surface area contributed by atoms with Gasteiger partial charge in [0, 0.05) is 12.1 Å². The number of benzene rings is 2. The van der Waals surface area contributed by atoms with Crippen molar-refractivity contribution in [1.82, 2.24) is 20.1 Å². The molecule has 0 spiro atoms. The van der Waals surface area contributed by atoms with Gasteiger partial charge >= 0.3 is 0 Å². The van der Waals surface area contributed by atoms with Gasteiger partial charge in [-0.15, -0.1) is 0 Å². The summed E-state index contributed by atoms with van der Waals surface area (Å²) in [5.74, 6) is 0. The van der Waals surface area contributed by atoms with E-state index >= 15 is 0 Å². The number of rotatable bonds is 4. The summed E-state index contributed by atoms with van der Waals surface area (Å²) in [6.07, 6.45) is 5.62. The fourth-order valence-electron chi connectivity index (χ4n) is 3.55. The topological polar surface area (TPSA) is 42.7 Å². The van der Waals surface area contributed by atoms with Gasteiger partial charge in [0.15, 0.2) is 0 Å². The molecule has 3 aromatic rings. The number of hydrogen-bond donors (Lipinski definition) is 1. The minimum atomic E-state index is 0.311. The molecule has 122 valence electrons. The average Bonchev–Trinajstić information content (AvgIpc) is 3.25. The van der Waals surface area contributed by atoms with E-state index in [1.807, 2.05) is 0 Å². The summed E-state index contributed by atoms with van der Waals surface area (Å²) in [5.41, 5.74) is 6.63. The fraction of sp³-hybridized carbons (Fsp3) is 0.300. The number of fused-ring (bicyclic) bond motifs is 1. The van der Waals surface area contributed by atoms with Crippen LogP contribution in [-0.2, 0) is 6.42 Å². The Balaban J connectivity index is 1.49. The molecule has 24 heavy (non-hydrogen) atoms. The lowest BCUT2D eigenvalue weighted by molar-refractivity contribution is 0.465. The van der Waals surface area contributed by atoms with Crippen LogP contribution in [0, 0.1) is 6.92 Å². The van der Waals surface area contributed by atoms with Gasteiger partial charge in [0.1, 0.15) is 12.7 Å². The van der Waals surface area contributed by atoms with Crippen molar-refractivity contribution in [2.24, 2.45) is 0 Å². The summed E-state index contributed by atoms with van der Waals surface area (Å²) in [6, 6.07) is 16.1. The molecule has 0 amide bonds. The first-order valence-corrected chi connectivity index (χ1v) is 8.51. The third-order valence-electron chi connectivity index (χ3n) is 4.91. The van der Waals surface area contributed by atoms with Crippen LogP contribution in [0.4, 0.5) is 0 Å². The van der Waals surface area contributed by atoms with Crippen molar-refractivity contribution in [3.8, 4) is 5.69 Å². The number of nitrogens with zero attached hydrogens (tertiary/aromatic N) is 3. The minimum Gasteiger partial charge on any atom is -0.303 e. The Labute approximate surface area is 142 Å². The van der Waals surface area contributed by atoms with E-state index in [9.17, 15) is 0 Å². The third kappa shape index (κ3) is 2.85. The maximum Gasteiger partial charge on any atom is 0.138 e. The average molecular weight is 318 g/mol. The predicted molar refractivity (Wildman–Crippen MR) is 95.2 cm³/mol. The molecule has 4 heteroatoms. The van der Waals surface area contributed by atoms with Gasteiger partial charge in [-0.3, -0.25) is 0 Å². The van der Waals surface area contributed by atoms with Crippen molar-refractivity contribution in [2.75, 3.05) is 0 Å². The minimum absolute atomic E-state index is 0.311. The van der Waals surface area contributed by atoms with Crippen LogP contribution in [0.2, 0.25) is 0 Å². The maximum atomic E-state index is 4.17. The molecule has 0 fully saturated rings. The highest BCUT2D eigenvalue weighted by Crippen LogP contribution is 2.33. The Kier molecular flexibility index (Phi) is 3.90. The summed E-state index contributed by atoms with van der Waals surface area (Å²) < 4.78 is 1.78. The van der Waals surface area contributed by atoms with Crippen LogP contribution < -0.4 is 5.32 Å². The predicted octanol–water partition coefficient (Wildman–Crippen LogP) is 3.91. The molecule has 1 heterocycles. The Bertz CT molecular complexity index is 821. The zero-order valence-corrected chi connectivity index (χ0v) is 14.1. The van der Waals surface area contributed by atoms with Crippen molar-refractivity contribution in [1.29, 1.82) is 0 Å². The van der Waals surface area contributed by atoms with Crippen LogP contribution in [0.3, 0.4) is 0 Å². The molecule has 2 aromatic carbocycles. The van der Waals surface area contributed by atoms with Crippen molar-refractivity contribution in [3.05, 3.63) is 77.4 Å². The SMILES string of the molecule is Cc1ccc2c(c1)[C@H](N[C@@H](C)c1ccc(-n3cncn3)cc1)CC2. The van der Waals surface area contributed by atoms with Crippen molar-refractivity contribution in [3.63, 3.8) is 0 Å². The second-order valence-electron chi connectivity index (χ2n) is 6.61. The molecule has 0 unspecified atom stereocenters. The third-order valence-corrected chi connectivity index (χ3v) is 4.91. The van der Waals surface area contributed by atoms with E-state index in [1.54, 1.807) is 17.3 Å². The lowest BCUT2D eigenvalue weighted by Crippen LogP contribution is -2.23. The highest BCUT2D eigenvalue weighted by molar-refractivity contribution is 5.38. The summed E-state index contributed by atoms with van der Waals surface area (Å²) >= 11 is 0. The summed E-state index contributed by atoms with van der Waals surface area (Å²) in [6.45, 7) is 4.40. The van der Waals surface area contributed by atoms with Gasteiger partial charge < -0.3 is 5.32 Å². The molecular weight excluding hydrogens is 296 g/mol. The van der Waals surface area contributed by atoms with E-state index in [1.165, 1.54) is 35.1 Å². The van der Waals surface area contributed by atoms with Gasteiger partial charge in [-0.2, -0.15) is 5.10 Å². The van der Waals surface area contributed by atoms with Gasteiger partial charge in [-0.1, -0.05) is 35.9 Å². The standard InChI is InChI=1S/C20H22N4/c1-14-3-4-17-7-10-20(19(17)11-14)23-15(2)16-5-8-18(9-6-16)24-13-21-12-22-24/h3-6,8-9,11-13,15,20,23H,7,10H2,1-2H3/t15-,20+/m0/s1. The fourth-order valence-corrected chi connectivity index (χ4v) is 3.55. The molecule has 0 saturated carbocycles. The van der Waals surface area contributed by atoms with E-state index in [4.69, 9.17) is 0 Å². The lowest BCUT2D eigenvalue weighted by atomic mass is 10.0. The molecule has 1 aliphatic carbocycles. The number of nitrogens with one attached hydrogen (secondary N) is 1. The normalized spacial score (nSPS) is 17.7. The summed E-state index contributed by atoms with van der Waals surface area (Å²) in [5, 5.41) is 7.97. The maximum absolute atomic E-state index is 4.17. The molecular formula is C20H22N4. The van der Waals surface area contributed by atoms with E-state index in [2.05, 4.69) is 71.7 Å². The van der Waals surface area contributed by atoms with Gasteiger partial charge in [0.2, 0.25) is 0 Å². The molecule has 4 nitrogen and oxygen atoms in total. The summed E-state index contributed by atoms with van der Waals surface area (Å²) in [7, 11) is 0. The molecule has 0 saturated heterocycles. The Morgan fingerprint density at radius 2 is 2.00 bits per heavy atom. The van der Waals surface area contributed by atoms with Crippen LogP contribution in [0.5, 0.6) is 0 Å². The van der Waals surface area contributed by atoms with E-state index < -0.39 is 0 Å². The van der Waals surface area contributed by atoms with E-state index in [0.717, 1.165) is 5.69 Å². The Morgan fingerprint density at radius 3 is 2.75 bits per heavy atom. The highest BCUT2D eigenvalue weighted by atomic mass is 15.3. The smallest absolute Gasteiger partial charge is 0.138 e. The highest BCUT2D eigenvalue weighted by Gasteiger charge is 2.23. The molecule has 4 rings (SSSR count). The largest absolute Gasteiger partial charge is 0.303 e. The van der Waals surface area contributed by atoms with Crippen LogP contribution in [0.15, 0.2) is 55.1 Å². The molecule has 0 bridgehead atoms. The molecule has 1 aliphatic rings. The second kappa shape index (κ2) is 6.21. The molecule has 0 radical (unpaired) electrons. The lowest BCUT2D eigenvalue weighted by Gasteiger charge is -2.21. The van der Waals surface area contributed by atoms with Crippen molar-refractivity contribution < 1.29 is 0 Å². The van der Waals surface area contributed by atoms with E-state index in [0.29, 0.717) is 12.1 Å². The molecule has 2 atom stereocenters. The first kappa shape index (κ1) is 15.1. The van der Waals surface area contributed by atoms with Crippen molar-refractivity contribution >= 4 is 0 Å². The van der Waals surface area contributed by atoms with Crippen molar-refractivity contribution in [2.45, 2.75) is 38.8 Å². The quantitative estimate of drug-likeness (QED) is 0.793. The van der Waals surface area contributed by atoms with Crippen LogP contribution in [-0.4, -0.2) is 14.8 Å². The Hall–Kier alpha value is -2.46. The first-order chi connectivity index (χ1) is 11.7. The number of aromatic nitrogens is 3. The number of hydrogen-bond acceptors (Lipinski definition) is 3. The Morgan fingerprint density at radius 1 is 1.17 bits per heavy atom. The molecule has 0 aliphatic heterocycles. The van der Waals surface area contributed by atoms with Gasteiger partial charge in [-0.05, 0) is 55.5 Å². The van der Waals surface area contributed by atoms with E-state index in [-0.39, 0.29) is 0 Å². The van der Waals surface area contributed by atoms with Crippen LogP contribution in [0.1, 0.15) is 47.7 Å². The zero-order valence-electron chi connectivity index (χ0n) is 14.1. The van der Waals surface area contributed by atoms with Gasteiger partial charge in [-0.25, -0.2) is 9.67 Å². The molecule has 1 aromatic heterocycles. The monoisotopic (exact) mass is 318 g/mol.